The zero-order valence-electron chi connectivity index (χ0n) is 23.8. The Labute approximate surface area is 223 Å². The van der Waals surface area contributed by atoms with Crippen LogP contribution in [-0.2, 0) is 23.0 Å². The molecule has 0 fully saturated rings. The van der Waals surface area contributed by atoms with Crippen molar-refractivity contribution >= 4 is 34.2 Å². The lowest BCUT2D eigenvalue weighted by Crippen LogP contribution is -2.42. The van der Waals surface area contributed by atoms with Gasteiger partial charge in [-0.25, -0.2) is 0 Å². The number of benzene rings is 2. The van der Waals surface area contributed by atoms with E-state index in [0.29, 0.717) is 5.39 Å². The summed E-state index contributed by atoms with van der Waals surface area (Å²) in [6.07, 6.45) is 18.7. The van der Waals surface area contributed by atoms with Gasteiger partial charge in [-0.15, -0.1) is 0 Å². The molecule has 36 heavy (non-hydrogen) atoms. The largest absolute Gasteiger partial charge is 0.295 e. The minimum Gasteiger partial charge on any atom is -0.282 e. The van der Waals surface area contributed by atoms with E-state index in [1.165, 1.54) is 81.4 Å². The smallest absolute Gasteiger partial charge is 0.282 e. The molecule has 0 spiro atoms. The van der Waals surface area contributed by atoms with E-state index in [4.69, 9.17) is 0 Å². The quantitative estimate of drug-likeness (QED) is 0.118. The summed E-state index contributed by atoms with van der Waals surface area (Å²) in [5.41, 5.74) is 2.15. The van der Waals surface area contributed by atoms with E-state index in [-0.39, 0.29) is 4.90 Å². The fourth-order valence-corrected chi connectivity index (χ4v) is 8.92. The minimum absolute atomic E-state index is 0.184. The highest BCUT2D eigenvalue weighted by atomic mass is 32.2. The number of hydrogen-bond donors (Lipinski definition) is 1. The Kier molecular flexibility index (Phi) is 13.2. The van der Waals surface area contributed by atoms with E-state index in [1.807, 2.05) is 18.2 Å². The van der Waals surface area contributed by atoms with Crippen molar-refractivity contribution in [1.82, 2.24) is 0 Å². The molecule has 0 radical (unpaired) electrons. The lowest BCUT2D eigenvalue weighted by molar-refractivity contribution is 0.482. The van der Waals surface area contributed by atoms with Crippen LogP contribution in [0.3, 0.4) is 0 Å². The van der Waals surface area contributed by atoms with E-state index in [9.17, 15) is 13.0 Å². The van der Waals surface area contributed by atoms with Gasteiger partial charge < -0.3 is 0 Å². The molecule has 2 aromatic rings. The molecule has 0 unspecified atom stereocenters. The molecule has 0 aromatic heterocycles. The van der Waals surface area contributed by atoms with Gasteiger partial charge in [0, 0.05) is 5.39 Å². The van der Waals surface area contributed by atoms with Gasteiger partial charge in [-0.3, -0.25) is 4.55 Å². The SMILES string of the molecule is CCCCCCCCCc1c(CCCCCCCCC)c(S(=O)(=O)O)c2ccccc2c1[Si](C)(C)C. The van der Waals surface area contributed by atoms with E-state index in [0.717, 1.165) is 43.1 Å². The maximum absolute atomic E-state index is 12.8. The van der Waals surface area contributed by atoms with Crippen molar-refractivity contribution in [3.05, 3.63) is 35.4 Å². The predicted molar refractivity (Wildman–Crippen MR) is 160 cm³/mol. The third kappa shape index (κ3) is 9.29. The van der Waals surface area contributed by atoms with Crippen LogP contribution in [0.25, 0.3) is 10.8 Å². The van der Waals surface area contributed by atoms with Crippen LogP contribution >= 0.6 is 0 Å². The topological polar surface area (TPSA) is 54.4 Å². The molecule has 0 amide bonds. The van der Waals surface area contributed by atoms with Crippen LogP contribution in [-0.4, -0.2) is 21.0 Å². The second-order valence-corrected chi connectivity index (χ2v) is 18.0. The molecule has 0 heterocycles. The second kappa shape index (κ2) is 15.3. The highest BCUT2D eigenvalue weighted by Crippen LogP contribution is 2.33. The van der Waals surface area contributed by atoms with Gasteiger partial charge in [0.25, 0.3) is 10.1 Å². The summed E-state index contributed by atoms with van der Waals surface area (Å²) >= 11 is 0. The summed E-state index contributed by atoms with van der Waals surface area (Å²) in [5.74, 6) is 0. The summed E-state index contributed by atoms with van der Waals surface area (Å²) in [6.45, 7) is 11.6. The summed E-state index contributed by atoms with van der Waals surface area (Å²) in [4.78, 5) is 0.184. The van der Waals surface area contributed by atoms with Crippen LogP contribution in [0.4, 0.5) is 0 Å². The molecule has 3 nitrogen and oxygen atoms in total. The number of hydrogen-bond acceptors (Lipinski definition) is 2. The molecule has 0 aliphatic carbocycles. The van der Waals surface area contributed by atoms with Crippen LogP contribution in [0, 0.1) is 0 Å². The van der Waals surface area contributed by atoms with Crippen molar-refractivity contribution in [3.8, 4) is 0 Å². The van der Waals surface area contributed by atoms with Crippen LogP contribution in [0.1, 0.15) is 115 Å². The normalized spacial score (nSPS) is 12.5. The second-order valence-electron chi connectivity index (χ2n) is 11.7. The first-order valence-corrected chi connectivity index (χ1v) is 19.6. The van der Waals surface area contributed by atoms with Gasteiger partial charge in [-0.05, 0) is 47.4 Å². The fourth-order valence-electron chi connectivity index (χ4n) is 5.72. The summed E-state index contributed by atoms with van der Waals surface area (Å²) < 4.78 is 36.1. The van der Waals surface area contributed by atoms with E-state index >= 15 is 0 Å². The van der Waals surface area contributed by atoms with Gasteiger partial charge in [-0.2, -0.15) is 8.42 Å². The lowest BCUT2D eigenvalue weighted by atomic mass is 9.92. The monoisotopic (exact) mass is 532 g/mol. The van der Waals surface area contributed by atoms with Gasteiger partial charge in [0.05, 0.1) is 8.07 Å². The van der Waals surface area contributed by atoms with Crippen molar-refractivity contribution in [1.29, 1.82) is 0 Å². The maximum Gasteiger partial charge on any atom is 0.295 e. The molecule has 0 bridgehead atoms. The Morgan fingerprint density at radius 1 is 0.639 bits per heavy atom. The van der Waals surface area contributed by atoms with Crippen LogP contribution in [0.5, 0.6) is 0 Å². The average Bonchev–Trinajstić information content (AvgIpc) is 2.80. The van der Waals surface area contributed by atoms with Crippen LogP contribution < -0.4 is 5.19 Å². The Morgan fingerprint density at radius 2 is 1.06 bits per heavy atom. The first-order chi connectivity index (χ1) is 17.1. The standard InChI is InChI=1S/C31H52O3SSi/c1-6-8-10-12-14-16-18-22-26-28(24-19-17-15-13-11-9-7-2)31(36(3,4)5)29-25-21-20-23-27(29)30(26)35(32,33)34/h20-21,23,25H,6-19,22,24H2,1-5H3,(H,32,33,34). The highest BCUT2D eigenvalue weighted by Gasteiger charge is 2.30. The minimum atomic E-state index is -4.33. The Morgan fingerprint density at radius 3 is 1.50 bits per heavy atom. The number of unbranched alkanes of at least 4 members (excludes halogenated alkanes) is 12. The molecule has 5 heteroatoms. The molecule has 1 N–H and O–H groups in total. The summed E-state index contributed by atoms with van der Waals surface area (Å²) in [5, 5.41) is 3.14. The maximum atomic E-state index is 12.8. The fraction of sp³-hybridized carbons (Fsp3) is 0.677. The third-order valence-corrected chi connectivity index (χ3v) is 10.5. The zero-order chi connectivity index (χ0) is 26.6. The molecule has 0 saturated heterocycles. The molecule has 0 aliphatic heterocycles. The first kappa shape index (κ1) is 31.0. The summed E-state index contributed by atoms with van der Waals surface area (Å²) in [6, 6.07) is 7.88. The first-order valence-electron chi connectivity index (χ1n) is 14.7. The van der Waals surface area contributed by atoms with Crippen molar-refractivity contribution in [2.45, 2.75) is 141 Å². The molecule has 2 aromatic carbocycles. The van der Waals surface area contributed by atoms with Crippen LogP contribution in [0.15, 0.2) is 29.2 Å². The molecule has 0 aliphatic rings. The van der Waals surface area contributed by atoms with Gasteiger partial charge in [0.15, 0.2) is 0 Å². The number of fused-ring (bicyclic) bond motifs is 1. The number of rotatable bonds is 18. The summed E-state index contributed by atoms with van der Waals surface area (Å²) in [7, 11) is -6.12. The molecule has 0 atom stereocenters. The third-order valence-electron chi connectivity index (χ3n) is 7.45. The average molecular weight is 533 g/mol. The van der Waals surface area contributed by atoms with Gasteiger partial charge in [0.2, 0.25) is 0 Å². The van der Waals surface area contributed by atoms with Gasteiger partial charge in [-0.1, -0.05) is 135 Å². The van der Waals surface area contributed by atoms with Gasteiger partial charge in [0.1, 0.15) is 4.90 Å². The molecular weight excluding hydrogens is 480 g/mol. The van der Waals surface area contributed by atoms with Crippen molar-refractivity contribution in [2.24, 2.45) is 0 Å². The van der Waals surface area contributed by atoms with E-state index in [2.05, 4.69) is 39.6 Å². The van der Waals surface area contributed by atoms with Crippen molar-refractivity contribution in [2.75, 3.05) is 0 Å². The lowest BCUT2D eigenvalue weighted by Gasteiger charge is -2.28. The molecule has 2 rings (SSSR count). The van der Waals surface area contributed by atoms with Gasteiger partial charge >= 0.3 is 0 Å². The highest BCUT2D eigenvalue weighted by molar-refractivity contribution is 7.86. The predicted octanol–water partition coefficient (Wildman–Crippen LogP) is 9.22. The Bertz CT molecular complexity index is 1040. The molecular formula is C31H52O3SSi. The van der Waals surface area contributed by atoms with E-state index in [1.54, 1.807) is 0 Å². The Balaban J connectivity index is 2.45. The molecule has 0 saturated carbocycles. The van der Waals surface area contributed by atoms with Crippen molar-refractivity contribution in [3.63, 3.8) is 0 Å². The van der Waals surface area contributed by atoms with Crippen molar-refractivity contribution < 1.29 is 13.0 Å². The van der Waals surface area contributed by atoms with E-state index < -0.39 is 18.2 Å². The zero-order valence-corrected chi connectivity index (χ0v) is 25.6. The van der Waals surface area contributed by atoms with Crippen LogP contribution in [0.2, 0.25) is 19.6 Å². The molecule has 204 valence electrons. The Hall–Kier alpha value is -1.17.